The number of nitrogens with one attached hydrogen (secondary N) is 1. The van der Waals surface area contributed by atoms with Gasteiger partial charge in [0.15, 0.2) is 16.6 Å². The lowest BCUT2D eigenvalue weighted by molar-refractivity contribution is -0.145. The molecule has 0 aromatic carbocycles. The lowest BCUT2D eigenvalue weighted by atomic mass is 9.88. The molecule has 0 radical (unpaired) electrons. The van der Waals surface area contributed by atoms with Crippen LogP contribution >= 0.6 is 0 Å². The van der Waals surface area contributed by atoms with E-state index in [1.165, 1.54) is 16.8 Å². The van der Waals surface area contributed by atoms with Crippen LogP contribution in [0.5, 0.6) is 0 Å². The molecule has 1 aliphatic rings. The van der Waals surface area contributed by atoms with Crippen LogP contribution in [0.15, 0.2) is 34.5 Å². The summed E-state index contributed by atoms with van der Waals surface area (Å²) < 4.78 is 21.5. The molecule has 35 heavy (non-hydrogen) atoms. The summed E-state index contributed by atoms with van der Waals surface area (Å²) in [5.41, 5.74) is -2.23. The smallest absolute Gasteiger partial charge is 0.330 e. The number of nitrogens with zero attached hydrogens (tertiary/aromatic N) is 1. The molecular weight excluding hydrogens is 480 g/mol. The van der Waals surface area contributed by atoms with Crippen LogP contribution in [-0.4, -0.2) is 56.2 Å². The molecule has 1 fully saturated rings. The highest BCUT2D eigenvalue weighted by molar-refractivity contribution is 6.74. The largest absolute Gasteiger partial charge is 0.414 e. The van der Waals surface area contributed by atoms with E-state index in [1.807, 2.05) is 0 Å². The Morgan fingerprint density at radius 2 is 1.71 bits per heavy atom. The predicted molar refractivity (Wildman–Crippen MR) is 145 cm³/mol. The fourth-order valence-electron chi connectivity index (χ4n) is 3.75. The number of allylic oxidation sites excluding steroid dienone is 1. The van der Waals surface area contributed by atoms with Gasteiger partial charge in [0.1, 0.15) is 11.8 Å². The number of aliphatic hydroxyl groups is 1. The number of hydrogen-bond acceptors (Lipinski definition) is 6. The zero-order valence-corrected chi connectivity index (χ0v) is 25.2. The molecule has 8 nitrogen and oxygen atoms in total. The number of aromatic amines is 1. The van der Waals surface area contributed by atoms with Gasteiger partial charge in [-0.15, -0.1) is 6.58 Å². The lowest BCUT2D eigenvalue weighted by Gasteiger charge is -2.45. The summed E-state index contributed by atoms with van der Waals surface area (Å²) in [7, 11) is -4.52. The second-order valence-electron chi connectivity index (χ2n) is 12.8. The maximum Gasteiger partial charge on any atom is 0.330 e. The van der Waals surface area contributed by atoms with E-state index in [9.17, 15) is 14.7 Å². The molecule has 0 spiro atoms. The molecule has 10 heteroatoms. The predicted octanol–water partition coefficient (Wildman–Crippen LogP) is 4.40. The highest BCUT2D eigenvalue weighted by Gasteiger charge is 2.59. The fourth-order valence-corrected chi connectivity index (χ4v) is 6.17. The molecule has 200 valence electrons. The van der Waals surface area contributed by atoms with Gasteiger partial charge in [-0.2, -0.15) is 0 Å². The van der Waals surface area contributed by atoms with Crippen molar-refractivity contribution in [2.75, 3.05) is 13.2 Å². The average Bonchev–Trinajstić information content (AvgIpc) is 2.98. The lowest BCUT2D eigenvalue weighted by Crippen LogP contribution is -2.57. The Bertz CT molecular complexity index is 1000. The normalized spacial score (nSPS) is 26.2. The van der Waals surface area contributed by atoms with E-state index in [1.54, 1.807) is 6.08 Å². The fraction of sp³-hybridized carbons (Fsp3) is 0.760. The molecule has 2 heterocycles. The van der Waals surface area contributed by atoms with Gasteiger partial charge < -0.3 is 18.7 Å². The third kappa shape index (κ3) is 6.16. The van der Waals surface area contributed by atoms with Gasteiger partial charge in [0, 0.05) is 18.2 Å². The van der Waals surface area contributed by atoms with Gasteiger partial charge in [0.05, 0.1) is 19.3 Å². The van der Waals surface area contributed by atoms with E-state index in [4.69, 9.17) is 13.6 Å². The van der Waals surface area contributed by atoms with Gasteiger partial charge in [-0.3, -0.25) is 14.3 Å². The third-order valence-electron chi connectivity index (χ3n) is 8.17. The Morgan fingerprint density at radius 3 is 2.17 bits per heavy atom. The zero-order chi connectivity index (χ0) is 27.0. The van der Waals surface area contributed by atoms with Gasteiger partial charge in [0.25, 0.3) is 5.56 Å². The molecule has 1 aromatic rings. The minimum atomic E-state index is -2.33. The minimum absolute atomic E-state index is 0.0339. The first-order chi connectivity index (χ1) is 15.8. The second kappa shape index (κ2) is 10.2. The Kier molecular flexibility index (Phi) is 8.73. The first kappa shape index (κ1) is 29.9. The number of ether oxygens (including phenoxy) is 1. The van der Waals surface area contributed by atoms with Crippen molar-refractivity contribution in [1.82, 2.24) is 9.55 Å². The van der Waals surface area contributed by atoms with Gasteiger partial charge in [-0.1, -0.05) is 47.6 Å². The van der Waals surface area contributed by atoms with Crippen LogP contribution in [0.3, 0.4) is 0 Å². The van der Waals surface area contributed by atoms with Crippen LogP contribution < -0.4 is 11.2 Å². The van der Waals surface area contributed by atoms with Crippen LogP contribution in [0.2, 0.25) is 36.3 Å². The molecule has 2 rings (SSSR count). The molecule has 1 aliphatic heterocycles. The maximum absolute atomic E-state index is 12.8. The molecule has 0 amide bonds. The number of aromatic nitrogens is 2. The van der Waals surface area contributed by atoms with E-state index in [2.05, 4.69) is 79.3 Å². The molecule has 1 saturated heterocycles. The van der Waals surface area contributed by atoms with Crippen molar-refractivity contribution in [3.63, 3.8) is 0 Å². The number of hydrogen-bond donors (Lipinski definition) is 2. The SMILES string of the molecule is C=CC[C@H]1[C@H](n2ccc(=O)[nH]c2=O)O[C@](CO)(CO[Si](C)(C)C(C)(C)C)[C@H]1O[Si](C)(C)C(C)(C)C. The van der Waals surface area contributed by atoms with Crippen LogP contribution in [0.25, 0.3) is 0 Å². The maximum atomic E-state index is 12.8. The summed E-state index contributed by atoms with van der Waals surface area (Å²) in [5, 5.41) is 10.7. The summed E-state index contributed by atoms with van der Waals surface area (Å²) in [6.07, 6.45) is 2.41. The molecule has 0 aliphatic carbocycles. The Morgan fingerprint density at radius 1 is 1.14 bits per heavy atom. The summed E-state index contributed by atoms with van der Waals surface area (Å²) in [5.74, 6) is -0.319. The number of H-pyrrole nitrogens is 1. The van der Waals surface area contributed by atoms with Crippen molar-refractivity contribution in [3.05, 3.63) is 45.8 Å². The topological polar surface area (TPSA) is 103 Å². The van der Waals surface area contributed by atoms with Gasteiger partial charge in [0.2, 0.25) is 0 Å². The van der Waals surface area contributed by atoms with Crippen LogP contribution in [-0.2, 0) is 13.6 Å². The standard InChI is InChI=1S/C25H46N2O6Si2/c1-12-13-18-20(33-35(10,11)24(5,6)7)25(16-28,17-31-34(8,9)23(2,3)4)32-21(18)27-15-14-19(29)26-22(27)30/h12,14-15,18,20-21,28H,1,13,16-17H2,2-11H3,(H,26,29,30)/t18-,20+,21-,25-/m1/s1. The summed E-state index contributed by atoms with van der Waals surface area (Å²) in [4.78, 5) is 26.8. The highest BCUT2D eigenvalue weighted by Crippen LogP contribution is 2.49. The van der Waals surface area contributed by atoms with Crippen molar-refractivity contribution in [1.29, 1.82) is 0 Å². The molecule has 0 unspecified atom stereocenters. The molecule has 1 aromatic heterocycles. The third-order valence-corrected chi connectivity index (χ3v) is 17.1. The molecule has 0 bridgehead atoms. The zero-order valence-electron chi connectivity index (χ0n) is 23.2. The quantitative estimate of drug-likeness (QED) is 0.365. The second-order valence-corrected chi connectivity index (χ2v) is 22.4. The minimum Gasteiger partial charge on any atom is -0.414 e. The van der Waals surface area contributed by atoms with Crippen LogP contribution in [0.4, 0.5) is 0 Å². The first-order valence-corrected chi connectivity index (χ1v) is 18.2. The molecule has 0 saturated carbocycles. The van der Waals surface area contributed by atoms with Gasteiger partial charge in [-0.05, 0) is 42.7 Å². The van der Waals surface area contributed by atoms with Crippen molar-refractivity contribution >= 4 is 16.6 Å². The van der Waals surface area contributed by atoms with Crippen molar-refractivity contribution in [2.24, 2.45) is 5.92 Å². The molecule has 4 atom stereocenters. The molecule has 2 N–H and O–H groups in total. The van der Waals surface area contributed by atoms with Crippen molar-refractivity contribution < 1.29 is 18.7 Å². The number of aliphatic hydroxyl groups excluding tert-OH is 1. The Balaban J connectivity index is 2.65. The van der Waals surface area contributed by atoms with Gasteiger partial charge >= 0.3 is 5.69 Å². The van der Waals surface area contributed by atoms with Crippen LogP contribution in [0, 0.1) is 5.92 Å². The van der Waals surface area contributed by atoms with Gasteiger partial charge in [-0.25, -0.2) is 4.79 Å². The summed E-state index contributed by atoms with van der Waals surface area (Å²) in [6, 6.07) is 1.30. The number of rotatable bonds is 9. The molecular formula is C25H46N2O6Si2. The van der Waals surface area contributed by atoms with Crippen LogP contribution in [0.1, 0.15) is 54.2 Å². The summed E-state index contributed by atoms with van der Waals surface area (Å²) in [6.45, 7) is 25.3. The van der Waals surface area contributed by atoms with E-state index < -0.39 is 45.8 Å². The Hall–Kier alpha value is -1.31. The van der Waals surface area contributed by atoms with Crippen molar-refractivity contribution in [2.45, 2.75) is 102 Å². The monoisotopic (exact) mass is 526 g/mol. The van der Waals surface area contributed by atoms with E-state index in [0.29, 0.717) is 6.42 Å². The van der Waals surface area contributed by atoms with E-state index in [-0.39, 0.29) is 29.2 Å². The Labute approximate surface area is 212 Å². The summed E-state index contributed by atoms with van der Waals surface area (Å²) >= 11 is 0. The van der Waals surface area contributed by atoms with Crippen molar-refractivity contribution in [3.8, 4) is 0 Å². The highest BCUT2D eigenvalue weighted by atomic mass is 28.4. The van der Waals surface area contributed by atoms with E-state index in [0.717, 1.165) is 0 Å². The first-order valence-electron chi connectivity index (χ1n) is 12.3. The van der Waals surface area contributed by atoms with E-state index >= 15 is 0 Å². The average molecular weight is 527 g/mol.